The summed E-state index contributed by atoms with van der Waals surface area (Å²) in [5.41, 5.74) is 1.24. The van der Waals surface area contributed by atoms with Crippen molar-refractivity contribution in [3.8, 4) is 0 Å². The Kier molecular flexibility index (Phi) is 3.93. The smallest absolute Gasteiger partial charge is 0.237 e. The average Bonchev–Trinajstić information content (AvgIpc) is 3.30. The first-order valence-electron chi connectivity index (χ1n) is 7.62. The minimum absolute atomic E-state index is 0.0999. The van der Waals surface area contributed by atoms with E-state index in [1.54, 1.807) is 0 Å². The van der Waals surface area contributed by atoms with Crippen molar-refractivity contribution in [1.82, 2.24) is 10.2 Å². The molecule has 1 atom stereocenters. The van der Waals surface area contributed by atoms with Gasteiger partial charge in [-0.05, 0) is 49.2 Å². The fourth-order valence-electron chi connectivity index (χ4n) is 2.51. The Morgan fingerprint density at radius 3 is 2.67 bits per heavy atom. The first kappa shape index (κ1) is 14.1. The van der Waals surface area contributed by atoms with Gasteiger partial charge in [0.25, 0.3) is 0 Å². The number of likely N-dealkylation sites (N-methyl/N-ethyl adjacent to an activating group) is 1. The summed E-state index contributed by atoms with van der Waals surface area (Å²) >= 11 is 0. The molecule has 2 aromatic rings. The number of carbonyl (C=O) groups is 1. The number of rotatable bonds is 5. The maximum atomic E-state index is 12.1. The first-order chi connectivity index (χ1) is 10.1. The molecule has 0 radical (unpaired) electrons. The van der Waals surface area contributed by atoms with Crippen molar-refractivity contribution in [2.45, 2.75) is 38.4 Å². The molecule has 0 saturated heterocycles. The van der Waals surface area contributed by atoms with Crippen LogP contribution in [0.1, 0.15) is 25.3 Å². The van der Waals surface area contributed by atoms with Crippen LogP contribution >= 0.6 is 0 Å². The molecule has 1 aliphatic rings. The van der Waals surface area contributed by atoms with Gasteiger partial charge >= 0.3 is 0 Å². The summed E-state index contributed by atoms with van der Waals surface area (Å²) in [4.78, 5) is 14.2. The van der Waals surface area contributed by atoms with Gasteiger partial charge in [-0.15, -0.1) is 0 Å². The van der Waals surface area contributed by atoms with Gasteiger partial charge in [-0.2, -0.15) is 0 Å². The van der Waals surface area contributed by atoms with Crippen LogP contribution < -0.4 is 5.32 Å². The molecule has 3 rings (SSSR count). The summed E-state index contributed by atoms with van der Waals surface area (Å²) in [5.74, 6) is 0.140. The Balaban J connectivity index is 1.66. The number of nitrogens with one attached hydrogen (secondary N) is 1. The lowest BCUT2D eigenvalue weighted by Crippen LogP contribution is -2.43. The van der Waals surface area contributed by atoms with Crippen LogP contribution in [0.4, 0.5) is 0 Å². The molecule has 110 valence electrons. The highest BCUT2D eigenvalue weighted by Crippen LogP contribution is 2.20. The number of hydrogen-bond acceptors (Lipinski definition) is 2. The zero-order valence-electron chi connectivity index (χ0n) is 12.7. The van der Waals surface area contributed by atoms with Gasteiger partial charge in [-0.3, -0.25) is 9.69 Å². The molecule has 0 spiro atoms. The molecule has 0 aliphatic heterocycles. The molecule has 21 heavy (non-hydrogen) atoms. The van der Waals surface area contributed by atoms with E-state index >= 15 is 0 Å². The van der Waals surface area contributed by atoms with Gasteiger partial charge in [-0.1, -0.05) is 36.4 Å². The van der Waals surface area contributed by atoms with Gasteiger partial charge in [0.05, 0.1) is 6.04 Å². The Morgan fingerprint density at radius 2 is 1.95 bits per heavy atom. The van der Waals surface area contributed by atoms with E-state index in [-0.39, 0.29) is 11.9 Å². The van der Waals surface area contributed by atoms with Crippen molar-refractivity contribution in [1.29, 1.82) is 0 Å². The molecule has 1 fully saturated rings. The molecule has 0 aromatic heterocycles. The Labute approximate surface area is 125 Å². The number of fused-ring (bicyclic) bond motifs is 1. The molecule has 0 unspecified atom stereocenters. The van der Waals surface area contributed by atoms with Crippen LogP contribution in [0.15, 0.2) is 42.5 Å². The number of benzene rings is 2. The van der Waals surface area contributed by atoms with Crippen LogP contribution in [-0.4, -0.2) is 29.9 Å². The number of nitrogens with zero attached hydrogens (tertiary/aromatic N) is 1. The molecule has 1 N–H and O–H groups in total. The summed E-state index contributed by atoms with van der Waals surface area (Å²) in [7, 11) is 2.01. The highest BCUT2D eigenvalue weighted by molar-refractivity contribution is 5.83. The molecule has 1 aliphatic carbocycles. The quantitative estimate of drug-likeness (QED) is 0.914. The zero-order chi connectivity index (χ0) is 14.8. The minimum Gasteiger partial charge on any atom is -0.352 e. The van der Waals surface area contributed by atoms with E-state index in [0.717, 1.165) is 19.4 Å². The van der Waals surface area contributed by atoms with Gasteiger partial charge in [0.15, 0.2) is 0 Å². The Bertz CT molecular complexity index is 648. The fraction of sp³-hybridized carbons (Fsp3) is 0.389. The lowest BCUT2D eigenvalue weighted by molar-refractivity contribution is -0.125. The lowest BCUT2D eigenvalue weighted by atomic mass is 10.1. The Morgan fingerprint density at radius 1 is 1.24 bits per heavy atom. The van der Waals surface area contributed by atoms with Gasteiger partial charge < -0.3 is 5.32 Å². The van der Waals surface area contributed by atoms with E-state index in [1.807, 2.05) is 14.0 Å². The maximum absolute atomic E-state index is 12.1. The standard InChI is InChI=1S/C18H22N2O/c1-13(18(21)19-17-9-10-17)20(2)12-14-7-8-15-5-3-4-6-16(15)11-14/h3-8,11,13,17H,9-10,12H2,1-2H3,(H,19,21)/t13-/m1/s1. The predicted octanol–water partition coefficient (Wildman–Crippen LogP) is 2.94. The van der Waals surface area contributed by atoms with E-state index in [1.165, 1.54) is 16.3 Å². The minimum atomic E-state index is -0.0999. The summed E-state index contributed by atoms with van der Waals surface area (Å²) < 4.78 is 0. The zero-order valence-corrected chi connectivity index (χ0v) is 12.7. The van der Waals surface area contributed by atoms with Gasteiger partial charge in [0.1, 0.15) is 0 Å². The normalized spacial score (nSPS) is 16.1. The van der Waals surface area contributed by atoms with Crippen LogP contribution in [0.2, 0.25) is 0 Å². The SMILES string of the molecule is C[C@H](C(=O)NC1CC1)N(C)Cc1ccc2ccccc2c1. The number of hydrogen-bond donors (Lipinski definition) is 1. The van der Waals surface area contributed by atoms with Crippen molar-refractivity contribution in [3.63, 3.8) is 0 Å². The van der Waals surface area contributed by atoms with Gasteiger partial charge in [-0.25, -0.2) is 0 Å². The molecular weight excluding hydrogens is 260 g/mol. The maximum Gasteiger partial charge on any atom is 0.237 e. The second-order valence-electron chi connectivity index (χ2n) is 6.06. The van der Waals surface area contributed by atoms with Crippen LogP contribution in [0, 0.1) is 0 Å². The molecule has 3 nitrogen and oxygen atoms in total. The van der Waals surface area contributed by atoms with E-state index in [4.69, 9.17) is 0 Å². The molecule has 0 heterocycles. The van der Waals surface area contributed by atoms with Crippen molar-refractivity contribution >= 4 is 16.7 Å². The molecule has 2 aromatic carbocycles. The van der Waals surface area contributed by atoms with Crippen molar-refractivity contribution in [2.75, 3.05) is 7.05 Å². The summed E-state index contributed by atoms with van der Waals surface area (Å²) in [5, 5.41) is 5.57. The monoisotopic (exact) mass is 282 g/mol. The van der Waals surface area contributed by atoms with Crippen molar-refractivity contribution < 1.29 is 4.79 Å². The van der Waals surface area contributed by atoms with Gasteiger partial charge in [0.2, 0.25) is 5.91 Å². The summed E-state index contributed by atoms with van der Waals surface area (Å²) in [6.07, 6.45) is 2.26. The fourth-order valence-corrected chi connectivity index (χ4v) is 2.51. The highest BCUT2D eigenvalue weighted by atomic mass is 16.2. The Hall–Kier alpha value is -1.87. The third kappa shape index (κ3) is 3.42. The predicted molar refractivity (Wildman–Crippen MR) is 86.0 cm³/mol. The molecular formula is C18H22N2O. The highest BCUT2D eigenvalue weighted by Gasteiger charge is 2.27. The van der Waals surface area contributed by atoms with Gasteiger partial charge in [0, 0.05) is 12.6 Å². The van der Waals surface area contributed by atoms with Crippen LogP contribution in [-0.2, 0) is 11.3 Å². The second-order valence-corrected chi connectivity index (χ2v) is 6.06. The summed E-state index contributed by atoms with van der Waals surface area (Å²) in [6, 6.07) is 15.2. The number of carbonyl (C=O) groups excluding carboxylic acids is 1. The molecule has 3 heteroatoms. The van der Waals surface area contributed by atoms with Crippen molar-refractivity contribution in [3.05, 3.63) is 48.0 Å². The molecule has 1 saturated carbocycles. The lowest BCUT2D eigenvalue weighted by Gasteiger charge is -2.24. The van der Waals surface area contributed by atoms with Crippen LogP contribution in [0.3, 0.4) is 0 Å². The molecule has 0 bridgehead atoms. The third-order valence-corrected chi connectivity index (χ3v) is 4.21. The first-order valence-corrected chi connectivity index (χ1v) is 7.62. The topological polar surface area (TPSA) is 32.3 Å². The van der Waals surface area contributed by atoms with Crippen LogP contribution in [0.25, 0.3) is 10.8 Å². The average molecular weight is 282 g/mol. The number of amides is 1. The third-order valence-electron chi connectivity index (χ3n) is 4.21. The molecule has 1 amide bonds. The van der Waals surface area contributed by atoms with E-state index in [9.17, 15) is 4.79 Å². The van der Waals surface area contributed by atoms with E-state index < -0.39 is 0 Å². The van der Waals surface area contributed by atoms with E-state index in [0.29, 0.717) is 6.04 Å². The largest absolute Gasteiger partial charge is 0.352 e. The second kappa shape index (κ2) is 5.86. The van der Waals surface area contributed by atoms with Crippen LogP contribution in [0.5, 0.6) is 0 Å². The van der Waals surface area contributed by atoms with Crippen molar-refractivity contribution in [2.24, 2.45) is 0 Å². The van der Waals surface area contributed by atoms with E-state index in [2.05, 4.69) is 52.7 Å². The summed E-state index contributed by atoms with van der Waals surface area (Å²) in [6.45, 7) is 2.75.